The van der Waals surface area contributed by atoms with E-state index in [4.69, 9.17) is 23.2 Å². The van der Waals surface area contributed by atoms with Gasteiger partial charge in [-0.1, -0.05) is 23.2 Å². The van der Waals surface area contributed by atoms with E-state index in [1.165, 1.54) is 24.0 Å². The zero-order chi connectivity index (χ0) is 16.4. The molecule has 0 unspecified atom stereocenters. The number of nitrogens with one attached hydrogen (secondary N) is 1. The van der Waals surface area contributed by atoms with E-state index >= 15 is 0 Å². The molecular formula is C18H19Cl2N2O+. The minimum absolute atomic E-state index is 0.0934. The Morgan fingerprint density at radius 2 is 1.78 bits per heavy atom. The molecule has 0 fully saturated rings. The van der Waals surface area contributed by atoms with Crippen molar-refractivity contribution < 1.29 is 9.36 Å². The number of pyridine rings is 1. The van der Waals surface area contributed by atoms with Gasteiger partial charge in [0.15, 0.2) is 12.4 Å². The quantitative estimate of drug-likeness (QED) is 0.820. The molecule has 120 valence electrons. The number of nitrogens with zero attached hydrogens (tertiary/aromatic N) is 1. The summed E-state index contributed by atoms with van der Waals surface area (Å²) in [5.41, 5.74) is 3.36. The van der Waals surface area contributed by atoms with Gasteiger partial charge >= 0.3 is 0 Å². The first-order chi connectivity index (χ1) is 11.0. The zero-order valence-electron chi connectivity index (χ0n) is 13.0. The Morgan fingerprint density at radius 3 is 2.48 bits per heavy atom. The number of anilines is 1. The molecular weight excluding hydrogens is 331 g/mol. The van der Waals surface area contributed by atoms with Crippen LogP contribution >= 0.6 is 23.2 Å². The van der Waals surface area contributed by atoms with Crippen molar-refractivity contribution in [2.45, 2.75) is 38.6 Å². The highest BCUT2D eigenvalue weighted by Crippen LogP contribution is 2.23. The second-order valence-corrected chi connectivity index (χ2v) is 6.85. The second kappa shape index (κ2) is 6.90. The fraction of sp³-hybridized carbons (Fsp3) is 0.333. The van der Waals surface area contributed by atoms with Crippen LogP contribution in [0.15, 0.2) is 36.7 Å². The third-order valence-electron chi connectivity index (χ3n) is 4.26. The molecule has 1 aromatic carbocycles. The van der Waals surface area contributed by atoms with Crippen LogP contribution in [0.3, 0.4) is 0 Å². The minimum atomic E-state index is -0.306. The van der Waals surface area contributed by atoms with Crippen molar-refractivity contribution in [3.05, 3.63) is 57.8 Å². The van der Waals surface area contributed by atoms with Gasteiger partial charge in [-0.25, -0.2) is 0 Å². The molecule has 3 rings (SSSR count). The second-order valence-electron chi connectivity index (χ2n) is 5.97. The normalized spacial score (nSPS) is 14.9. The minimum Gasteiger partial charge on any atom is -0.320 e. The largest absolute Gasteiger partial charge is 0.320 e. The van der Waals surface area contributed by atoms with Crippen LogP contribution in [0.1, 0.15) is 36.9 Å². The van der Waals surface area contributed by atoms with Crippen LogP contribution in [0.5, 0.6) is 0 Å². The van der Waals surface area contributed by atoms with E-state index in [0.717, 1.165) is 12.8 Å². The van der Waals surface area contributed by atoms with Gasteiger partial charge in [0.05, 0.1) is 0 Å². The molecule has 1 amide bonds. The van der Waals surface area contributed by atoms with Crippen LogP contribution < -0.4 is 9.88 Å². The number of benzene rings is 1. The van der Waals surface area contributed by atoms with Crippen LogP contribution in [-0.4, -0.2) is 5.91 Å². The number of rotatable bonds is 3. The first kappa shape index (κ1) is 16.3. The highest BCUT2D eigenvalue weighted by atomic mass is 35.5. The lowest BCUT2D eigenvalue weighted by molar-refractivity contribution is -0.706. The van der Waals surface area contributed by atoms with Crippen molar-refractivity contribution in [2.24, 2.45) is 0 Å². The third kappa shape index (κ3) is 3.85. The van der Waals surface area contributed by atoms with Crippen molar-refractivity contribution in [1.29, 1.82) is 0 Å². The Kier molecular flexibility index (Phi) is 4.88. The number of hydrogen-bond donors (Lipinski definition) is 1. The van der Waals surface area contributed by atoms with Crippen molar-refractivity contribution in [1.82, 2.24) is 0 Å². The molecule has 1 aliphatic rings. The lowest BCUT2D eigenvalue weighted by atomic mass is 9.93. The average Bonchev–Trinajstić information content (AvgIpc) is 2.52. The molecule has 0 saturated heterocycles. The molecule has 1 atom stereocenters. The number of carbonyl (C=O) groups is 1. The van der Waals surface area contributed by atoms with Crippen molar-refractivity contribution in [2.75, 3.05) is 5.32 Å². The van der Waals surface area contributed by atoms with Gasteiger partial charge in [0.25, 0.3) is 5.91 Å². The molecule has 2 aromatic rings. The van der Waals surface area contributed by atoms with Crippen molar-refractivity contribution >= 4 is 34.8 Å². The van der Waals surface area contributed by atoms with Gasteiger partial charge in [0.2, 0.25) is 6.04 Å². The fourth-order valence-electron chi connectivity index (χ4n) is 2.94. The predicted octanol–water partition coefficient (Wildman–Crippen LogP) is 4.36. The number of aromatic nitrogens is 1. The number of hydrogen-bond acceptors (Lipinski definition) is 1. The van der Waals surface area contributed by atoms with Crippen LogP contribution in [0, 0.1) is 0 Å². The molecule has 1 aliphatic carbocycles. The maximum Gasteiger partial charge on any atom is 0.293 e. The van der Waals surface area contributed by atoms with Crippen LogP contribution in [0.4, 0.5) is 5.69 Å². The Morgan fingerprint density at radius 1 is 1.13 bits per heavy atom. The summed E-state index contributed by atoms with van der Waals surface area (Å²) in [6.07, 6.45) is 8.79. The SMILES string of the molecule is C[C@@H](C(=O)Nc1cc(Cl)cc(Cl)c1)[n+]1ccc2c(c1)CCCC2. The summed E-state index contributed by atoms with van der Waals surface area (Å²) in [5.74, 6) is -0.0934. The van der Waals surface area contributed by atoms with E-state index in [1.807, 2.05) is 17.7 Å². The Balaban J connectivity index is 1.76. The van der Waals surface area contributed by atoms with Gasteiger partial charge in [-0.15, -0.1) is 0 Å². The van der Waals surface area contributed by atoms with E-state index in [9.17, 15) is 4.79 Å². The highest BCUT2D eigenvalue weighted by Gasteiger charge is 2.24. The van der Waals surface area contributed by atoms with Gasteiger partial charge in [-0.2, -0.15) is 4.57 Å². The van der Waals surface area contributed by atoms with Crippen molar-refractivity contribution in [3.8, 4) is 0 Å². The van der Waals surface area contributed by atoms with Gasteiger partial charge < -0.3 is 5.32 Å². The van der Waals surface area contributed by atoms with E-state index < -0.39 is 0 Å². The Hall–Kier alpha value is -1.58. The Labute approximate surface area is 146 Å². The highest BCUT2D eigenvalue weighted by molar-refractivity contribution is 6.35. The molecule has 0 spiro atoms. The molecule has 0 bridgehead atoms. The van der Waals surface area contributed by atoms with E-state index in [2.05, 4.69) is 17.6 Å². The van der Waals surface area contributed by atoms with Crippen LogP contribution in [0.2, 0.25) is 10.0 Å². The fourth-order valence-corrected chi connectivity index (χ4v) is 3.46. The lowest BCUT2D eigenvalue weighted by Gasteiger charge is -2.15. The molecule has 23 heavy (non-hydrogen) atoms. The maximum absolute atomic E-state index is 12.5. The van der Waals surface area contributed by atoms with Gasteiger partial charge in [0.1, 0.15) is 0 Å². The smallest absolute Gasteiger partial charge is 0.293 e. The summed E-state index contributed by atoms with van der Waals surface area (Å²) in [7, 11) is 0. The number of carbonyl (C=O) groups excluding carboxylic acids is 1. The van der Waals surface area contributed by atoms with Crippen LogP contribution in [0.25, 0.3) is 0 Å². The number of fused-ring (bicyclic) bond motifs is 1. The van der Waals surface area contributed by atoms with E-state index in [1.54, 1.807) is 18.2 Å². The van der Waals surface area contributed by atoms with E-state index in [-0.39, 0.29) is 11.9 Å². The molecule has 3 nitrogen and oxygen atoms in total. The first-order valence-electron chi connectivity index (χ1n) is 7.82. The van der Waals surface area contributed by atoms with Crippen molar-refractivity contribution in [3.63, 3.8) is 0 Å². The average molecular weight is 350 g/mol. The van der Waals surface area contributed by atoms with Crippen LogP contribution in [-0.2, 0) is 17.6 Å². The molecule has 1 heterocycles. The summed E-state index contributed by atoms with van der Waals surface area (Å²) in [5, 5.41) is 3.88. The topological polar surface area (TPSA) is 33.0 Å². The van der Waals surface area contributed by atoms with Gasteiger partial charge in [-0.3, -0.25) is 4.79 Å². The summed E-state index contributed by atoms with van der Waals surface area (Å²) >= 11 is 11.9. The summed E-state index contributed by atoms with van der Waals surface area (Å²) in [4.78, 5) is 12.5. The standard InChI is InChI=1S/C18H18Cl2N2O/c1-12(18(23)21-17-9-15(19)8-16(20)10-17)22-7-6-13-4-2-3-5-14(13)11-22/h6-12H,2-5H2,1H3/p+1/t12-/m0/s1. The zero-order valence-corrected chi connectivity index (χ0v) is 14.5. The van der Waals surface area contributed by atoms with E-state index in [0.29, 0.717) is 15.7 Å². The lowest BCUT2D eigenvalue weighted by Crippen LogP contribution is -2.44. The molecule has 5 heteroatoms. The molecule has 1 aromatic heterocycles. The summed E-state index contributed by atoms with van der Waals surface area (Å²) < 4.78 is 1.96. The molecule has 1 N–H and O–H groups in total. The molecule has 0 aliphatic heterocycles. The number of aryl methyl sites for hydroxylation is 2. The third-order valence-corrected chi connectivity index (χ3v) is 4.70. The first-order valence-corrected chi connectivity index (χ1v) is 8.58. The molecule has 0 radical (unpaired) electrons. The Bertz CT molecular complexity index is 726. The number of halogens is 2. The summed E-state index contributed by atoms with van der Waals surface area (Å²) in [6.45, 7) is 1.89. The van der Waals surface area contributed by atoms with Gasteiger partial charge in [0, 0.05) is 34.3 Å². The summed E-state index contributed by atoms with van der Waals surface area (Å²) in [6, 6.07) is 6.85. The maximum atomic E-state index is 12.5. The monoisotopic (exact) mass is 349 g/mol. The molecule has 0 saturated carbocycles. The predicted molar refractivity (Wildman–Crippen MR) is 93.1 cm³/mol. The van der Waals surface area contributed by atoms with Gasteiger partial charge in [-0.05, 0) is 49.4 Å². The number of amides is 1.